The lowest BCUT2D eigenvalue weighted by atomic mass is 10.1. The number of nitrogens with zero attached hydrogens (tertiary/aromatic N) is 2. The lowest BCUT2D eigenvalue weighted by Crippen LogP contribution is -2.27. The maximum atomic E-state index is 5.97. The summed E-state index contributed by atoms with van der Waals surface area (Å²) >= 11 is 0. The molecule has 1 heterocycles. The van der Waals surface area contributed by atoms with Crippen LogP contribution in [0.1, 0.15) is 44.6 Å². The van der Waals surface area contributed by atoms with E-state index in [1.54, 1.807) is 0 Å². The number of rotatable bonds is 6. The number of hydrogen-bond donors (Lipinski definition) is 2. The summed E-state index contributed by atoms with van der Waals surface area (Å²) < 4.78 is 0. The molecule has 0 bridgehead atoms. The maximum absolute atomic E-state index is 5.97. The second kappa shape index (κ2) is 9.46. The maximum Gasteiger partial charge on any atom is 0.193 e. The zero-order valence-electron chi connectivity index (χ0n) is 13.9. The standard InChI is InChI=1S/C18H30N4/c1-2-16-9-7-10-17(15-16)21-18(19)20-11-8-14-22-12-5-3-4-6-13-22/h7,9-10,15H,2-6,8,11-14H2,1H3,(H3,19,20,21). The molecule has 1 aromatic carbocycles. The number of guanidine groups is 1. The average molecular weight is 302 g/mol. The fraction of sp³-hybridized carbons (Fsp3) is 0.611. The molecule has 0 atom stereocenters. The third-order valence-corrected chi connectivity index (χ3v) is 4.22. The van der Waals surface area contributed by atoms with E-state index in [2.05, 4.69) is 34.3 Å². The molecular formula is C18H30N4. The second-order valence-corrected chi connectivity index (χ2v) is 6.06. The monoisotopic (exact) mass is 302 g/mol. The number of anilines is 1. The van der Waals surface area contributed by atoms with Gasteiger partial charge in [-0.05, 0) is 63.0 Å². The van der Waals surface area contributed by atoms with Crippen LogP contribution in [0.3, 0.4) is 0 Å². The van der Waals surface area contributed by atoms with Gasteiger partial charge in [0.15, 0.2) is 5.96 Å². The zero-order chi connectivity index (χ0) is 15.6. The normalized spacial score (nSPS) is 17.2. The fourth-order valence-electron chi connectivity index (χ4n) is 2.91. The van der Waals surface area contributed by atoms with Crippen molar-refractivity contribution in [2.24, 2.45) is 10.7 Å². The van der Waals surface area contributed by atoms with Gasteiger partial charge in [-0.25, -0.2) is 0 Å². The molecule has 4 nitrogen and oxygen atoms in total. The lowest BCUT2D eigenvalue weighted by molar-refractivity contribution is 0.283. The van der Waals surface area contributed by atoms with E-state index in [0.29, 0.717) is 5.96 Å². The predicted octanol–water partition coefficient (Wildman–Crippen LogP) is 3.24. The first-order valence-electron chi connectivity index (χ1n) is 8.66. The van der Waals surface area contributed by atoms with E-state index in [1.165, 1.54) is 44.3 Å². The number of likely N-dealkylation sites (tertiary alicyclic amines) is 1. The largest absolute Gasteiger partial charge is 0.370 e. The van der Waals surface area contributed by atoms with Crippen molar-refractivity contribution in [3.63, 3.8) is 0 Å². The van der Waals surface area contributed by atoms with E-state index in [-0.39, 0.29) is 0 Å². The second-order valence-electron chi connectivity index (χ2n) is 6.06. The molecule has 0 unspecified atom stereocenters. The molecule has 1 fully saturated rings. The van der Waals surface area contributed by atoms with Crippen LogP contribution in [0.2, 0.25) is 0 Å². The molecule has 122 valence electrons. The summed E-state index contributed by atoms with van der Waals surface area (Å²) in [6.45, 7) is 6.59. The van der Waals surface area contributed by atoms with Gasteiger partial charge in [0.05, 0.1) is 0 Å². The topological polar surface area (TPSA) is 53.6 Å². The summed E-state index contributed by atoms with van der Waals surface area (Å²) in [7, 11) is 0. The highest BCUT2D eigenvalue weighted by atomic mass is 15.1. The SMILES string of the molecule is CCc1cccc(NC(N)=NCCCN2CCCCCC2)c1. The van der Waals surface area contributed by atoms with Crippen LogP contribution in [0.5, 0.6) is 0 Å². The van der Waals surface area contributed by atoms with Crippen molar-refractivity contribution in [3.05, 3.63) is 29.8 Å². The van der Waals surface area contributed by atoms with E-state index in [4.69, 9.17) is 5.73 Å². The highest BCUT2D eigenvalue weighted by molar-refractivity contribution is 5.92. The van der Waals surface area contributed by atoms with Crippen LogP contribution in [0, 0.1) is 0 Å². The molecule has 0 saturated carbocycles. The van der Waals surface area contributed by atoms with Crippen LogP contribution in [-0.4, -0.2) is 37.0 Å². The van der Waals surface area contributed by atoms with Gasteiger partial charge in [0, 0.05) is 12.2 Å². The number of benzene rings is 1. The van der Waals surface area contributed by atoms with Crippen molar-refractivity contribution >= 4 is 11.6 Å². The van der Waals surface area contributed by atoms with Gasteiger partial charge in [0.2, 0.25) is 0 Å². The smallest absolute Gasteiger partial charge is 0.193 e. The van der Waals surface area contributed by atoms with Crippen LogP contribution < -0.4 is 11.1 Å². The van der Waals surface area contributed by atoms with Crippen LogP contribution >= 0.6 is 0 Å². The molecule has 1 aliphatic rings. The van der Waals surface area contributed by atoms with Gasteiger partial charge >= 0.3 is 0 Å². The zero-order valence-corrected chi connectivity index (χ0v) is 13.9. The first kappa shape index (κ1) is 16.8. The first-order chi connectivity index (χ1) is 10.8. The Morgan fingerprint density at radius 1 is 1.23 bits per heavy atom. The fourth-order valence-corrected chi connectivity index (χ4v) is 2.91. The molecule has 2 rings (SSSR count). The van der Waals surface area contributed by atoms with Gasteiger partial charge in [0.1, 0.15) is 0 Å². The molecule has 3 N–H and O–H groups in total. The Hall–Kier alpha value is -1.55. The third-order valence-electron chi connectivity index (χ3n) is 4.22. The van der Waals surface area contributed by atoms with Gasteiger partial charge in [-0.1, -0.05) is 31.9 Å². The Balaban J connectivity index is 1.70. The number of nitrogens with two attached hydrogens (primary N) is 1. The molecular weight excluding hydrogens is 272 g/mol. The predicted molar refractivity (Wildman–Crippen MR) is 95.5 cm³/mol. The Morgan fingerprint density at radius 3 is 2.73 bits per heavy atom. The average Bonchev–Trinajstić information content (AvgIpc) is 2.80. The Bertz CT molecular complexity index is 462. The van der Waals surface area contributed by atoms with Gasteiger partial charge in [0.25, 0.3) is 0 Å². The van der Waals surface area contributed by atoms with Crippen molar-refractivity contribution in [1.82, 2.24) is 4.90 Å². The molecule has 0 aliphatic carbocycles. The summed E-state index contributed by atoms with van der Waals surface area (Å²) in [6.07, 6.45) is 7.59. The molecule has 1 aliphatic heterocycles. The van der Waals surface area contributed by atoms with E-state index in [0.717, 1.165) is 31.6 Å². The van der Waals surface area contributed by atoms with Crippen molar-refractivity contribution in [2.45, 2.75) is 45.4 Å². The lowest BCUT2D eigenvalue weighted by Gasteiger charge is -2.18. The molecule has 0 aromatic heterocycles. The third kappa shape index (κ3) is 6.06. The summed E-state index contributed by atoms with van der Waals surface area (Å²) in [5.74, 6) is 0.518. The summed E-state index contributed by atoms with van der Waals surface area (Å²) in [5, 5.41) is 3.18. The molecule has 0 radical (unpaired) electrons. The summed E-state index contributed by atoms with van der Waals surface area (Å²) in [5.41, 5.74) is 8.29. The summed E-state index contributed by atoms with van der Waals surface area (Å²) in [6, 6.07) is 8.33. The Kier molecular flexibility index (Phi) is 7.23. The van der Waals surface area contributed by atoms with Crippen LogP contribution in [0.4, 0.5) is 5.69 Å². The minimum absolute atomic E-state index is 0.518. The number of hydrogen-bond acceptors (Lipinski definition) is 2. The van der Waals surface area contributed by atoms with E-state index >= 15 is 0 Å². The van der Waals surface area contributed by atoms with Crippen LogP contribution in [-0.2, 0) is 6.42 Å². The van der Waals surface area contributed by atoms with Crippen molar-refractivity contribution in [3.8, 4) is 0 Å². The summed E-state index contributed by atoms with van der Waals surface area (Å²) in [4.78, 5) is 7.01. The quantitative estimate of drug-likeness (QED) is 0.482. The van der Waals surface area contributed by atoms with Crippen LogP contribution in [0.15, 0.2) is 29.3 Å². The molecule has 4 heteroatoms. The van der Waals surface area contributed by atoms with E-state index in [1.807, 2.05) is 12.1 Å². The van der Waals surface area contributed by atoms with Gasteiger partial charge in [-0.2, -0.15) is 0 Å². The Labute approximate surface area is 134 Å². The highest BCUT2D eigenvalue weighted by Gasteiger charge is 2.07. The molecule has 0 amide bonds. The molecule has 22 heavy (non-hydrogen) atoms. The van der Waals surface area contributed by atoms with Crippen molar-refractivity contribution < 1.29 is 0 Å². The highest BCUT2D eigenvalue weighted by Crippen LogP contribution is 2.11. The Morgan fingerprint density at radius 2 is 2.00 bits per heavy atom. The number of nitrogens with one attached hydrogen (secondary N) is 1. The van der Waals surface area contributed by atoms with Gasteiger partial charge in [-0.3, -0.25) is 4.99 Å². The first-order valence-corrected chi connectivity index (χ1v) is 8.66. The molecule has 1 saturated heterocycles. The van der Waals surface area contributed by atoms with Crippen LogP contribution in [0.25, 0.3) is 0 Å². The van der Waals surface area contributed by atoms with Gasteiger partial charge in [-0.15, -0.1) is 0 Å². The minimum atomic E-state index is 0.518. The van der Waals surface area contributed by atoms with E-state index < -0.39 is 0 Å². The molecule has 0 spiro atoms. The minimum Gasteiger partial charge on any atom is -0.370 e. The molecule has 1 aromatic rings. The van der Waals surface area contributed by atoms with Gasteiger partial charge < -0.3 is 16.0 Å². The van der Waals surface area contributed by atoms with E-state index in [9.17, 15) is 0 Å². The number of aryl methyl sites for hydroxylation is 1. The van der Waals surface area contributed by atoms with Crippen molar-refractivity contribution in [2.75, 3.05) is 31.5 Å². The number of aliphatic imine (C=N–C) groups is 1. The van der Waals surface area contributed by atoms with Crippen molar-refractivity contribution in [1.29, 1.82) is 0 Å².